The van der Waals surface area contributed by atoms with Gasteiger partial charge in [0.15, 0.2) is 0 Å². The number of benzene rings is 1. The monoisotopic (exact) mass is 287 g/mol. The third-order valence-electron chi connectivity index (χ3n) is 4.85. The Morgan fingerprint density at radius 2 is 2.10 bits per heavy atom. The summed E-state index contributed by atoms with van der Waals surface area (Å²) in [6.45, 7) is 6.25. The first-order valence-electron chi connectivity index (χ1n) is 7.85. The second kappa shape index (κ2) is 5.82. The van der Waals surface area contributed by atoms with Crippen LogP contribution in [0.3, 0.4) is 0 Å². The quantitative estimate of drug-likeness (QED) is 0.828. The molecule has 0 radical (unpaired) electrons. The van der Waals surface area contributed by atoms with Gasteiger partial charge < -0.3 is 14.5 Å². The highest BCUT2D eigenvalue weighted by atomic mass is 16.5. The van der Waals surface area contributed by atoms with Gasteiger partial charge in [-0.15, -0.1) is 0 Å². The van der Waals surface area contributed by atoms with E-state index in [1.807, 2.05) is 12.1 Å². The van der Waals surface area contributed by atoms with E-state index in [2.05, 4.69) is 31.3 Å². The minimum Gasteiger partial charge on any atom is -0.459 e. The van der Waals surface area contributed by atoms with Crippen LogP contribution < -0.4 is 5.32 Å². The molecule has 1 N–H and O–H groups in total. The molecule has 1 aliphatic rings. The first kappa shape index (κ1) is 14.6. The van der Waals surface area contributed by atoms with Crippen molar-refractivity contribution in [3.8, 4) is 0 Å². The molecule has 1 aromatic carbocycles. The summed E-state index contributed by atoms with van der Waals surface area (Å²) in [5, 5.41) is 4.89. The molecule has 0 spiro atoms. The summed E-state index contributed by atoms with van der Waals surface area (Å²) in [5.41, 5.74) is 2.70. The van der Waals surface area contributed by atoms with E-state index < -0.39 is 0 Å². The molecule has 0 amide bonds. The SMILES string of the molecule is COCCC1(CNC(C)c2oc3ccccc3c2C)CC1. The Morgan fingerprint density at radius 3 is 2.76 bits per heavy atom. The molecule has 1 aliphatic carbocycles. The van der Waals surface area contributed by atoms with E-state index in [0.717, 1.165) is 30.9 Å². The molecule has 1 heterocycles. The molecular formula is C18H25NO2. The van der Waals surface area contributed by atoms with E-state index in [9.17, 15) is 0 Å². The first-order chi connectivity index (χ1) is 10.2. The Morgan fingerprint density at radius 1 is 1.33 bits per heavy atom. The van der Waals surface area contributed by atoms with Crippen molar-refractivity contribution in [3.05, 3.63) is 35.6 Å². The number of hydrogen-bond donors (Lipinski definition) is 1. The second-order valence-corrected chi connectivity index (χ2v) is 6.43. The van der Waals surface area contributed by atoms with E-state index >= 15 is 0 Å². The largest absolute Gasteiger partial charge is 0.459 e. The minimum absolute atomic E-state index is 0.248. The van der Waals surface area contributed by atoms with E-state index in [1.54, 1.807) is 7.11 Å². The van der Waals surface area contributed by atoms with Gasteiger partial charge in [-0.1, -0.05) is 18.2 Å². The van der Waals surface area contributed by atoms with E-state index in [-0.39, 0.29) is 6.04 Å². The fourth-order valence-corrected chi connectivity index (χ4v) is 3.08. The third kappa shape index (κ3) is 2.99. The Kier molecular flexibility index (Phi) is 4.05. The maximum absolute atomic E-state index is 6.04. The lowest BCUT2D eigenvalue weighted by molar-refractivity contribution is 0.170. The number of ether oxygens (including phenoxy) is 1. The zero-order valence-corrected chi connectivity index (χ0v) is 13.2. The second-order valence-electron chi connectivity index (χ2n) is 6.43. The normalized spacial score (nSPS) is 18.0. The van der Waals surface area contributed by atoms with Crippen LogP contribution in [0.15, 0.2) is 28.7 Å². The van der Waals surface area contributed by atoms with Gasteiger partial charge in [-0.25, -0.2) is 0 Å². The molecule has 1 saturated carbocycles. The van der Waals surface area contributed by atoms with Gasteiger partial charge in [0.2, 0.25) is 0 Å². The summed E-state index contributed by atoms with van der Waals surface area (Å²) in [5.74, 6) is 1.07. The molecule has 1 atom stereocenters. The summed E-state index contributed by atoms with van der Waals surface area (Å²) in [4.78, 5) is 0. The van der Waals surface area contributed by atoms with Crippen LogP contribution >= 0.6 is 0 Å². The van der Waals surface area contributed by atoms with Crippen LogP contribution in [0.1, 0.15) is 43.6 Å². The first-order valence-corrected chi connectivity index (χ1v) is 7.85. The van der Waals surface area contributed by atoms with Crippen molar-refractivity contribution < 1.29 is 9.15 Å². The molecule has 2 aromatic rings. The van der Waals surface area contributed by atoms with Gasteiger partial charge in [-0.3, -0.25) is 0 Å². The molecular weight excluding hydrogens is 262 g/mol. The molecule has 21 heavy (non-hydrogen) atoms. The Balaban J connectivity index is 1.67. The Hall–Kier alpha value is -1.32. The van der Waals surface area contributed by atoms with Crippen molar-refractivity contribution in [1.29, 1.82) is 0 Å². The van der Waals surface area contributed by atoms with Crippen LogP contribution in [-0.2, 0) is 4.74 Å². The van der Waals surface area contributed by atoms with Gasteiger partial charge in [0.05, 0.1) is 6.04 Å². The van der Waals surface area contributed by atoms with Crippen molar-refractivity contribution in [2.45, 2.75) is 39.2 Å². The van der Waals surface area contributed by atoms with Crippen molar-refractivity contribution in [3.63, 3.8) is 0 Å². The van der Waals surface area contributed by atoms with Gasteiger partial charge in [0.1, 0.15) is 11.3 Å². The van der Waals surface area contributed by atoms with Crippen molar-refractivity contribution in [2.75, 3.05) is 20.3 Å². The van der Waals surface area contributed by atoms with Gasteiger partial charge in [0, 0.05) is 25.6 Å². The smallest absolute Gasteiger partial charge is 0.134 e. The number of hydrogen-bond acceptors (Lipinski definition) is 3. The summed E-state index contributed by atoms with van der Waals surface area (Å²) in [6.07, 6.45) is 3.78. The predicted octanol–water partition coefficient (Wildman–Crippen LogP) is 4.21. The fourth-order valence-electron chi connectivity index (χ4n) is 3.08. The van der Waals surface area contributed by atoms with E-state index in [0.29, 0.717) is 5.41 Å². The molecule has 1 aromatic heterocycles. The molecule has 114 valence electrons. The van der Waals surface area contributed by atoms with E-state index in [1.165, 1.54) is 23.8 Å². The summed E-state index contributed by atoms with van der Waals surface area (Å²) >= 11 is 0. The molecule has 3 nitrogen and oxygen atoms in total. The number of fused-ring (bicyclic) bond motifs is 1. The highest BCUT2D eigenvalue weighted by molar-refractivity contribution is 5.82. The zero-order chi connectivity index (χ0) is 14.9. The molecule has 3 rings (SSSR count). The van der Waals surface area contributed by atoms with E-state index in [4.69, 9.17) is 9.15 Å². The number of rotatable bonds is 7. The van der Waals surface area contributed by atoms with Crippen LogP contribution in [0.25, 0.3) is 11.0 Å². The summed E-state index contributed by atoms with van der Waals surface area (Å²) in [6, 6.07) is 8.51. The summed E-state index contributed by atoms with van der Waals surface area (Å²) in [7, 11) is 1.78. The van der Waals surface area contributed by atoms with Crippen LogP contribution in [-0.4, -0.2) is 20.3 Å². The minimum atomic E-state index is 0.248. The van der Waals surface area contributed by atoms with Gasteiger partial charge in [-0.2, -0.15) is 0 Å². The number of methoxy groups -OCH3 is 1. The lowest BCUT2D eigenvalue weighted by atomic mass is 10.0. The highest BCUT2D eigenvalue weighted by Gasteiger charge is 2.41. The number of furan rings is 1. The molecule has 0 aliphatic heterocycles. The van der Waals surface area contributed by atoms with Crippen molar-refractivity contribution >= 4 is 11.0 Å². The average molecular weight is 287 g/mol. The summed E-state index contributed by atoms with van der Waals surface area (Å²) < 4.78 is 11.3. The molecule has 0 saturated heterocycles. The van der Waals surface area contributed by atoms with Crippen LogP contribution in [0.4, 0.5) is 0 Å². The predicted molar refractivity (Wildman–Crippen MR) is 85.5 cm³/mol. The maximum Gasteiger partial charge on any atom is 0.134 e. The lowest BCUT2D eigenvalue weighted by Crippen LogP contribution is -2.27. The molecule has 1 unspecified atom stereocenters. The van der Waals surface area contributed by atoms with Crippen molar-refractivity contribution in [1.82, 2.24) is 5.32 Å². The zero-order valence-electron chi connectivity index (χ0n) is 13.2. The maximum atomic E-state index is 6.04. The van der Waals surface area contributed by atoms with Gasteiger partial charge in [-0.05, 0) is 50.2 Å². The average Bonchev–Trinajstić information content (AvgIpc) is 3.21. The molecule has 0 bridgehead atoms. The number of aryl methyl sites for hydroxylation is 1. The topological polar surface area (TPSA) is 34.4 Å². The standard InChI is InChI=1S/C18H25NO2/c1-13-15-6-4-5-7-16(15)21-17(13)14(2)19-12-18(8-9-18)10-11-20-3/h4-7,14,19H,8-12H2,1-3H3. The lowest BCUT2D eigenvalue weighted by Gasteiger charge is -2.19. The Labute approximate surface area is 126 Å². The van der Waals surface area contributed by atoms with Gasteiger partial charge in [0.25, 0.3) is 0 Å². The number of para-hydroxylation sites is 1. The van der Waals surface area contributed by atoms with Gasteiger partial charge >= 0.3 is 0 Å². The molecule has 1 fully saturated rings. The third-order valence-corrected chi connectivity index (χ3v) is 4.85. The van der Waals surface area contributed by atoms with Crippen LogP contribution in [0.5, 0.6) is 0 Å². The highest BCUT2D eigenvalue weighted by Crippen LogP contribution is 2.48. The fraction of sp³-hybridized carbons (Fsp3) is 0.556. The number of nitrogens with one attached hydrogen (secondary N) is 1. The van der Waals surface area contributed by atoms with Crippen LogP contribution in [0, 0.1) is 12.3 Å². The van der Waals surface area contributed by atoms with Crippen LogP contribution in [0.2, 0.25) is 0 Å². The molecule has 3 heteroatoms. The van der Waals surface area contributed by atoms with Crippen molar-refractivity contribution in [2.24, 2.45) is 5.41 Å². The Bertz CT molecular complexity index is 613.